The molecule has 7 heteroatoms. The van der Waals surface area contributed by atoms with Crippen molar-refractivity contribution in [2.24, 2.45) is 0 Å². The largest absolute Gasteiger partial charge is 0.497 e. The summed E-state index contributed by atoms with van der Waals surface area (Å²) in [5, 5.41) is 0.962. The molecule has 3 heterocycles. The summed E-state index contributed by atoms with van der Waals surface area (Å²) < 4.78 is 16.4. The summed E-state index contributed by atoms with van der Waals surface area (Å²) in [6, 6.07) is 15.5. The first-order chi connectivity index (χ1) is 16.2. The SMILES string of the molecule is COc1ccc(OC)c(-c2c[nH]c3ncc(-c4cccc(C(=O)N5CCOCC5)c4)cc23)c1. The summed E-state index contributed by atoms with van der Waals surface area (Å²) in [6.45, 7) is 2.39. The molecule has 7 nitrogen and oxygen atoms in total. The Morgan fingerprint density at radius 3 is 2.64 bits per heavy atom. The van der Waals surface area contributed by atoms with Crippen LogP contribution in [0.25, 0.3) is 33.3 Å². The minimum Gasteiger partial charge on any atom is -0.497 e. The first-order valence-corrected chi connectivity index (χ1v) is 10.8. The zero-order valence-corrected chi connectivity index (χ0v) is 18.6. The summed E-state index contributed by atoms with van der Waals surface area (Å²) >= 11 is 0. The lowest BCUT2D eigenvalue weighted by atomic mass is 10.00. The maximum Gasteiger partial charge on any atom is 0.254 e. The van der Waals surface area contributed by atoms with E-state index < -0.39 is 0 Å². The maximum atomic E-state index is 12.9. The minimum atomic E-state index is 0.0256. The van der Waals surface area contributed by atoms with E-state index in [1.54, 1.807) is 14.2 Å². The van der Waals surface area contributed by atoms with Gasteiger partial charge < -0.3 is 24.1 Å². The third-order valence-electron chi connectivity index (χ3n) is 5.97. The van der Waals surface area contributed by atoms with Gasteiger partial charge in [0.25, 0.3) is 5.91 Å². The van der Waals surface area contributed by atoms with E-state index in [9.17, 15) is 4.79 Å². The van der Waals surface area contributed by atoms with E-state index in [2.05, 4.69) is 16.0 Å². The average Bonchev–Trinajstić information content (AvgIpc) is 3.31. The standard InChI is InChI=1S/C26H25N3O4/c1-31-20-6-7-24(32-2)21(14-20)23-16-28-25-22(23)13-19(15-27-25)17-4-3-5-18(12-17)26(30)29-8-10-33-11-9-29/h3-7,12-16H,8-11H2,1-2H3,(H,27,28). The van der Waals surface area contributed by atoms with Crippen molar-refractivity contribution in [2.45, 2.75) is 0 Å². The second-order valence-electron chi connectivity index (χ2n) is 7.87. The molecular weight excluding hydrogens is 418 g/mol. The Hall–Kier alpha value is -3.84. The van der Waals surface area contributed by atoms with Crippen LogP contribution in [0.15, 0.2) is 60.9 Å². The predicted octanol–water partition coefficient (Wildman–Crippen LogP) is 4.39. The Bertz CT molecular complexity index is 1310. The van der Waals surface area contributed by atoms with Crippen molar-refractivity contribution < 1.29 is 19.0 Å². The van der Waals surface area contributed by atoms with Gasteiger partial charge in [-0.2, -0.15) is 0 Å². The molecule has 33 heavy (non-hydrogen) atoms. The van der Waals surface area contributed by atoms with Gasteiger partial charge in [0.15, 0.2) is 0 Å². The van der Waals surface area contributed by atoms with Crippen LogP contribution in [0.5, 0.6) is 11.5 Å². The zero-order valence-electron chi connectivity index (χ0n) is 18.6. The topological polar surface area (TPSA) is 76.7 Å². The van der Waals surface area contributed by atoms with Crippen LogP contribution >= 0.6 is 0 Å². The van der Waals surface area contributed by atoms with Gasteiger partial charge in [-0.25, -0.2) is 4.98 Å². The van der Waals surface area contributed by atoms with Crippen LogP contribution in [-0.4, -0.2) is 61.3 Å². The number of pyridine rings is 1. The molecule has 2 aromatic carbocycles. The molecule has 1 aliphatic heterocycles. The fraction of sp³-hybridized carbons (Fsp3) is 0.231. The molecule has 0 aliphatic carbocycles. The third-order valence-corrected chi connectivity index (χ3v) is 5.97. The second kappa shape index (κ2) is 8.96. The number of hydrogen-bond acceptors (Lipinski definition) is 5. The number of carbonyl (C=O) groups is 1. The number of ether oxygens (including phenoxy) is 3. The molecule has 1 aliphatic rings. The van der Waals surface area contributed by atoms with Crippen molar-refractivity contribution in [3.8, 4) is 33.8 Å². The van der Waals surface area contributed by atoms with Gasteiger partial charge in [0.05, 0.1) is 27.4 Å². The molecule has 2 aromatic heterocycles. The molecule has 0 spiro atoms. The number of hydrogen-bond donors (Lipinski definition) is 1. The molecule has 1 fully saturated rings. The van der Waals surface area contributed by atoms with E-state index in [1.165, 1.54) is 0 Å². The molecule has 4 aromatic rings. The lowest BCUT2D eigenvalue weighted by Gasteiger charge is -2.27. The Kier molecular flexibility index (Phi) is 5.71. The second-order valence-corrected chi connectivity index (χ2v) is 7.87. The van der Waals surface area contributed by atoms with E-state index in [0.29, 0.717) is 31.9 Å². The van der Waals surface area contributed by atoms with Gasteiger partial charge in [0.2, 0.25) is 0 Å². The molecule has 1 amide bonds. The summed E-state index contributed by atoms with van der Waals surface area (Å²) in [5.41, 5.74) is 5.20. The van der Waals surface area contributed by atoms with Crippen molar-refractivity contribution in [3.05, 3.63) is 66.5 Å². The normalized spacial score (nSPS) is 13.8. The predicted molar refractivity (Wildman–Crippen MR) is 127 cm³/mol. The van der Waals surface area contributed by atoms with E-state index in [1.807, 2.05) is 59.8 Å². The lowest BCUT2D eigenvalue weighted by Crippen LogP contribution is -2.40. The van der Waals surface area contributed by atoms with Crippen LogP contribution in [0.4, 0.5) is 0 Å². The molecule has 1 N–H and O–H groups in total. The summed E-state index contributed by atoms with van der Waals surface area (Å²) in [4.78, 5) is 22.7. The molecular formula is C26H25N3O4. The first kappa shape index (κ1) is 21.0. The number of rotatable bonds is 5. The van der Waals surface area contributed by atoms with Gasteiger partial charge >= 0.3 is 0 Å². The number of morpholine rings is 1. The van der Waals surface area contributed by atoms with E-state index >= 15 is 0 Å². The minimum absolute atomic E-state index is 0.0256. The highest BCUT2D eigenvalue weighted by molar-refractivity contribution is 5.98. The van der Waals surface area contributed by atoms with Gasteiger partial charge in [0, 0.05) is 53.1 Å². The number of fused-ring (bicyclic) bond motifs is 1. The van der Waals surface area contributed by atoms with Crippen molar-refractivity contribution in [2.75, 3.05) is 40.5 Å². The van der Waals surface area contributed by atoms with Gasteiger partial charge in [-0.3, -0.25) is 4.79 Å². The van der Waals surface area contributed by atoms with Crippen LogP contribution in [0.3, 0.4) is 0 Å². The number of methoxy groups -OCH3 is 2. The van der Waals surface area contributed by atoms with E-state index in [0.717, 1.165) is 44.8 Å². The number of nitrogens with zero attached hydrogens (tertiary/aromatic N) is 2. The van der Waals surface area contributed by atoms with Gasteiger partial charge in [0.1, 0.15) is 17.1 Å². The van der Waals surface area contributed by atoms with Crippen LogP contribution < -0.4 is 9.47 Å². The third kappa shape index (κ3) is 4.03. The van der Waals surface area contributed by atoms with Crippen LogP contribution in [0.2, 0.25) is 0 Å². The van der Waals surface area contributed by atoms with E-state index in [4.69, 9.17) is 14.2 Å². The Morgan fingerprint density at radius 1 is 1.00 bits per heavy atom. The molecule has 0 saturated carbocycles. The zero-order chi connectivity index (χ0) is 22.8. The Morgan fingerprint density at radius 2 is 1.85 bits per heavy atom. The van der Waals surface area contributed by atoms with Gasteiger partial charge in [-0.05, 0) is 42.0 Å². The molecule has 0 bridgehead atoms. The smallest absolute Gasteiger partial charge is 0.254 e. The monoisotopic (exact) mass is 443 g/mol. The quantitative estimate of drug-likeness (QED) is 0.495. The Labute approximate surface area is 191 Å². The van der Waals surface area contributed by atoms with Gasteiger partial charge in [-0.15, -0.1) is 0 Å². The molecule has 168 valence electrons. The van der Waals surface area contributed by atoms with Gasteiger partial charge in [-0.1, -0.05) is 12.1 Å². The van der Waals surface area contributed by atoms with Crippen LogP contribution in [0.1, 0.15) is 10.4 Å². The fourth-order valence-corrected chi connectivity index (χ4v) is 4.19. The number of amides is 1. The average molecular weight is 444 g/mol. The maximum absolute atomic E-state index is 12.9. The number of aromatic amines is 1. The van der Waals surface area contributed by atoms with E-state index in [-0.39, 0.29) is 5.91 Å². The number of aromatic nitrogens is 2. The fourth-order valence-electron chi connectivity index (χ4n) is 4.19. The number of benzene rings is 2. The summed E-state index contributed by atoms with van der Waals surface area (Å²) in [6.07, 6.45) is 3.75. The molecule has 5 rings (SSSR count). The van der Waals surface area contributed by atoms with Crippen molar-refractivity contribution in [1.29, 1.82) is 0 Å². The number of H-pyrrole nitrogens is 1. The van der Waals surface area contributed by atoms with Crippen molar-refractivity contribution >= 4 is 16.9 Å². The highest BCUT2D eigenvalue weighted by atomic mass is 16.5. The number of carbonyl (C=O) groups excluding carboxylic acids is 1. The first-order valence-electron chi connectivity index (χ1n) is 10.8. The number of nitrogens with one attached hydrogen (secondary N) is 1. The van der Waals surface area contributed by atoms with Crippen molar-refractivity contribution in [1.82, 2.24) is 14.9 Å². The molecule has 0 atom stereocenters. The summed E-state index contributed by atoms with van der Waals surface area (Å²) in [5.74, 6) is 1.52. The molecule has 0 radical (unpaired) electrons. The summed E-state index contributed by atoms with van der Waals surface area (Å²) in [7, 11) is 3.30. The highest BCUT2D eigenvalue weighted by Gasteiger charge is 2.19. The lowest BCUT2D eigenvalue weighted by molar-refractivity contribution is 0.0303. The highest BCUT2D eigenvalue weighted by Crippen LogP contribution is 2.38. The van der Waals surface area contributed by atoms with Crippen LogP contribution in [0, 0.1) is 0 Å². The molecule has 0 unspecified atom stereocenters. The molecule has 1 saturated heterocycles. The van der Waals surface area contributed by atoms with Crippen LogP contribution in [-0.2, 0) is 4.74 Å². The van der Waals surface area contributed by atoms with Crippen molar-refractivity contribution in [3.63, 3.8) is 0 Å². The Balaban J connectivity index is 1.54.